The summed E-state index contributed by atoms with van der Waals surface area (Å²) in [6, 6.07) is 7.33. The molecule has 0 unspecified atom stereocenters. The van der Waals surface area contributed by atoms with Crippen LogP contribution in [0.15, 0.2) is 24.3 Å². The SMILES string of the molecule is CNCc1ccc(C(=O)NCC(=O)C(C)C)cc1. The smallest absolute Gasteiger partial charge is 0.251 e. The number of hydrogen-bond acceptors (Lipinski definition) is 3. The van der Waals surface area contributed by atoms with E-state index < -0.39 is 0 Å². The predicted octanol–water partition coefficient (Wildman–Crippen LogP) is 1.36. The van der Waals surface area contributed by atoms with Crippen LogP contribution in [0.5, 0.6) is 0 Å². The molecule has 0 aliphatic heterocycles. The van der Waals surface area contributed by atoms with E-state index in [0.29, 0.717) is 5.56 Å². The number of amides is 1. The van der Waals surface area contributed by atoms with Gasteiger partial charge in [0.05, 0.1) is 6.54 Å². The summed E-state index contributed by atoms with van der Waals surface area (Å²) in [7, 11) is 1.87. The maximum Gasteiger partial charge on any atom is 0.251 e. The van der Waals surface area contributed by atoms with E-state index in [2.05, 4.69) is 10.6 Å². The Morgan fingerprint density at radius 1 is 1.17 bits per heavy atom. The summed E-state index contributed by atoms with van der Waals surface area (Å²) in [6.45, 7) is 4.50. The van der Waals surface area contributed by atoms with E-state index in [4.69, 9.17) is 0 Å². The average molecular weight is 248 g/mol. The van der Waals surface area contributed by atoms with Crippen LogP contribution < -0.4 is 10.6 Å². The molecule has 1 aromatic carbocycles. The summed E-state index contributed by atoms with van der Waals surface area (Å²) in [4.78, 5) is 23.2. The first-order chi connectivity index (χ1) is 8.54. The Hall–Kier alpha value is -1.68. The van der Waals surface area contributed by atoms with Crippen LogP contribution in [-0.4, -0.2) is 25.3 Å². The summed E-state index contributed by atoms with van der Waals surface area (Å²) in [5, 5.41) is 5.67. The van der Waals surface area contributed by atoms with Gasteiger partial charge in [-0.2, -0.15) is 0 Å². The number of carbonyl (C=O) groups is 2. The van der Waals surface area contributed by atoms with Gasteiger partial charge in [-0.05, 0) is 24.7 Å². The van der Waals surface area contributed by atoms with E-state index >= 15 is 0 Å². The maximum absolute atomic E-state index is 11.8. The zero-order chi connectivity index (χ0) is 13.5. The van der Waals surface area contributed by atoms with Crippen LogP contribution in [0, 0.1) is 5.92 Å². The minimum Gasteiger partial charge on any atom is -0.345 e. The van der Waals surface area contributed by atoms with Crippen LogP contribution in [-0.2, 0) is 11.3 Å². The first-order valence-corrected chi connectivity index (χ1v) is 6.09. The topological polar surface area (TPSA) is 58.2 Å². The van der Waals surface area contributed by atoms with Crippen molar-refractivity contribution in [3.8, 4) is 0 Å². The van der Waals surface area contributed by atoms with Crippen LogP contribution in [0.25, 0.3) is 0 Å². The fourth-order valence-electron chi connectivity index (χ4n) is 1.45. The molecule has 0 aliphatic carbocycles. The number of hydrogen-bond donors (Lipinski definition) is 2. The van der Waals surface area contributed by atoms with Gasteiger partial charge in [-0.25, -0.2) is 0 Å². The highest BCUT2D eigenvalue weighted by Crippen LogP contribution is 2.04. The zero-order valence-corrected chi connectivity index (χ0v) is 11.1. The third kappa shape index (κ3) is 4.30. The number of rotatable bonds is 6. The summed E-state index contributed by atoms with van der Waals surface area (Å²) in [6.07, 6.45) is 0. The van der Waals surface area contributed by atoms with Gasteiger partial charge < -0.3 is 10.6 Å². The van der Waals surface area contributed by atoms with E-state index in [1.165, 1.54) is 0 Å². The minimum absolute atomic E-state index is 0.0372. The Balaban J connectivity index is 2.54. The summed E-state index contributed by atoms with van der Waals surface area (Å²) in [5.41, 5.74) is 1.69. The second kappa shape index (κ2) is 6.91. The second-order valence-corrected chi connectivity index (χ2v) is 4.53. The third-order valence-corrected chi connectivity index (χ3v) is 2.66. The molecule has 0 aromatic heterocycles. The Morgan fingerprint density at radius 2 is 1.78 bits per heavy atom. The molecule has 0 atom stereocenters. The molecule has 0 saturated carbocycles. The lowest BCUT2D eigenvalue weighted by molar-refractivity contribution is -0.120. The van der Waals surface area contributed by atoms with Crippen molar-refractivity contribution in [1.29, 1.82) is 0 Å². The number of nitrogens with one attached hydrogen (secondary N) is 2. The minimum atomic E-state index is -0.208. The second-order valence-electron chi connectivity index (χ2n) is 4.53. The lowest BCUT2D eigenvalue weighted by atomic mass is 10.1. The lowest BCUT2D eigenvalue weighted by Gasteiger charge is -2.07. The highest BCUT2D eigenvalue weighted by Gasteiger charge is 2.10. The highest BCUT2D eigenvalue weighted by atomic mass is 16.2. The van der Waals surface area contributed by atoms with Gasteiger partial charge in [0.25, 0.3) is 5.91 Å². The standard InChI is InChI=1S/C14H20N2O2/c1-10(2)13(17)9-16-14(18)12-6-4-11(5-7-12)8-15-3/h4-7,10,15H,8-9H2,1-3H3,(H,16,18). The Kier molecular flexibility index (Phi) is 5.52. The summed E-state index contributed by atoms with van der Waals surface area (Å²) >= 11 is 0. The molecule has 0 heterocycles. The molecule has 98 valence electrons. The fourth-order valence-corrected chi connectivity index (χ4v) is 1.45. The van der Waals surface area contributed by atoms with Crippen molar-refractivity contribution in [2.45, 2.75) is 20.4 Å². The molecule has 0 fully saturated rings. The van der Waals surface area contributed by atoms with Crippen molar-refractivity contribution in [3.63, 3.8) is 0 Å². The van der Waals surface area contributed by atoms with Crippen molar-refractivity contribution in [2.75, 3.05) is 13.6 Å². The van der Waals surface area contributed by atoms with Gasteiger partial charge in [-0.15, -0.1) is 0 Å². The van der Waals surface area contributed by atoms with Crippen molar-refractivity contribution < 1.29 is 9.59 Å². The Labute approximate surface area is 108 Å². The number of benzene rings is 1. The Bertz CT molecular complexity index is 410. The first kappa shape index (κ1) is 14.4. The average Bonchev–Trinajstić information content (AvgIpc) is 2.36. The third-order valence-electron chi connectivity index (χ3n) is 2.66. The molecule has 0 aliphatic rings. The van der Waals surface area contributed by atoms with Crippen molar-refractivity contribution in [2.24, 2.45) is 5.92 Å². The van der Waals surface area contributed by atoms with Crippen LogP contribution in [0.4, 0.5) is 0 Å². The normalized spacial score (nSPS) is 10.4. The molecule has 0 spiro atoms. The van der Waals surface area contributed by atoms with Crippen molar-refractivity contribution >= 4 is 11.7 Å². The van der Waals surface area contributed by atoms with Gasteiger partial charge in [0.1, 0.15) is 0 Å². The van der Waals surface area contributed by atoms with Gasteiger partial charge >= 0.3 is 0 Å². The van der Waals surface area contributed by atoms with Gasteiger partial charge in [0, 0.05) is 18.0 Å². The number of ketones is 1. The number of Topliss-reactive ketones (excluding diaryl/α,β-unsaturated/α-hetero) is 1. The van der Waals surface area contributed by atoms with E-state index in [9.17, 15) is 9.59 Å². The molecule has 1 rings (SSSR count). The molecule has 4 nitrogen and oxygen atoms in total. The summed E-state index contributed by atoms with van der Waals surface area (Å²) < 4.78 is 0. The van der Waals surface area contributed by atoms with Crippen molar-refractivity contribution in [3.05, 3.63) is 35.4 Å². The molecule has 1 amide bonds. The molecular weight excluding hydrogens is 228 g/mol. The van der Waals surface area contributed by atoms with Gasteiger partial charge in [-0.1, -0.05) is 26.0 Å². The van der Waals surface area contributed by atoms with Gasteiger partial charge in [0.2, 0.25) is 0 Å². The van der Waals surface area contributed by atoms with Gasteiger partial charge in [-0.3, -0.25) is 9.59 Å². The van der Waals surface area contributed by atoms with Gasteiger partial charge in [0.15, 0.2) is 5.78 Å². The van der Waals surface area contributed by atoms with Crippen LogP contribution >= 0.6 is 0 Å². The fraction of sp³-hybridized carbons (Fsp3) is 0.429. The van der Waals surface area contributed by atoms with Crippen molar-refractivity contribution in [1.82, 2.24) is 10.6 Å². The predicted molar refractivity (Wildman–Crippen MR) is 71.4 cm³/mol. The maximum atomic E-state index is 11.8. The molecule has 2 N–H and O–H groups in total. The Morgan fingerprint density at radius 3 is 2.28 bits per heavy atom. The van der Waals surface area contributed by atoms with E-state index in [0.717, 1.165) is 12.1 Å². The van der Waals surface area contributed by atoms with E-state index in [1.807, 2.05) is 33.0 Å². The van der Waals surface area contributed by atoms with Crippen LogP contribution in [0.2, 0.25) is 0 Å². The molecule has 18 heavy (non-hydrogen) atoms. The van der Waals surface area contributed by atoms with E-state index in [-0.39, 0.29) is 24.2 Å². The molecular formula is C14H20N2O2. The first-order valence-electron chi connectivity index (χ1n) is 6.09. The molecule has 0 radical (unpaired) electrons. The zero-order valence-electron chi connectivity index (χ0n) is 11.1. The van der Waals surface area contributed by atoms with Crippen LogP contribution in [0.3, 0.4) is 0 Å². The lowest BCUT2D eigenvalue weighted by Crippen LogP contribution is -2.31. The van der Waals surface area contributed by atoms with E-state index in [1.54, 1.807) is 12.1 Å². The largest absolute Gasteiger partial charge is 0.345 e. The summed E-state index contributed by atoms with van der Waals surface area (Å²) in [5.74, 6) is -0.224. The quantitative estimate of drug-likeness (QED) is 0.799. The molecule has 4 heteroatoms. The molecule has 0 bridgehead atoms. The monoisotopic (exact) mass is 248 g/mol. The number of carbonyl (C=O) groups excluding carboxylic acids is 2. The highest BCUT2D eigenvalue weighted by molar-refractivity contribution is 5.96. The molecule has 1 aromatic rings. The molecule has 0 saturated heterocycles. The van der Waals surface area contributed by atoms with Crippen LogP contribution in [0.1, 0.15) is 29.8 Å².